The maximum Gasteiger partial charge on any atom is 0.534 e. The summed E-state index contributed by atoms with van der Waals surface area (Å²) in [5, 5.41) is -0.109. The van der Waals surface area contributed by atoms with Gasteiger partial charge in [0.1, 0.15) is 35.4 Å². The first-order valence-corrected chi connectivity index (χ1v) is 22.1. The average Bonchev–Trinajstić information content (AvgIpc) is 3.08. The van der Waals surface area contributed by atoms with Gasteiger partial charge >= 0.3 is 27.7 Å². The van der Waals surface area contributed by atoms with Crippen molar-refractivity contribution in [3.05, 3.63) is 77.9 Å². The quantitative estimate of drug-likeness (QED) is 0.0716. The Kier molecular flexibility index (Phi) is 13.3. The van der Waals surface area contributed by atoms with Gasteiger partial charge in [0, 0.05) is 0 Å². The van der Waals surface area contributed by atoms with Crippen LogP contribution in [0.5, 0.6) is 17.2 Å². The molecule has 0 aliphatic carbocycles. The predicted octanol–water partition coefficient (Wildman–Crippen LogP) is 8.77. The molecule has 0 unspecified atom stereocenters. The number of carbonyl (C=O) groups excluding carboxylic acids is 2. The summed E-state index contributed by atoms with van der Waals surface area (Å²) >= 11 is 0. The van der Waals surface area contributed by atoms with Gasteiger partial charge in [-0.1, -0.05) is 51.1 Å². The summed E-state index contributed by atoms with van der Waals surface area (Å²) in [6.45, 7) is 16.6. The number of nitrogens with zero attached hydrogens (tertiary/aromatic N) is 1. The molecule has 0 bridgehead atoms. The van der Waals surface area contributed by atoms with Crippen molar-refractivity contribution in [3.63, 3.8) is 0 Å². The van der Waals surface area contributed by atoms with Gasteiger partial charge in [0.25, 0.3) is 0 Å². The van der Waals surface area contributed by atoms with E-state index in [1.807, 2.05) is 30.3 Å². The number of hydrogen-bond donors (Lipinski definition) is 0. The highest BCUT2D eigenvalue weighted by Crippen LogP contribution is 2.39. The van der Waals surface area contributed by atoms with Crippen LogP contribution in [0.4, 0.5) is 18.0 Å². The first-order valence-electron chi connectivity index (χ1n) is 17.8. The summed E-state index contributed by atoms with van der Waals surface area (Å²) in [4.78, 5) is 27.6. The van der Waals surface area contributed by atoms with Gasteiger partial charge in [-0.25, -0.2) is 9.59 Å². The number of esters is 1. The molecule has 0 fully saturated rings. The molecule has 1 aliphatic heterocycles. The molecule has 0 radical (unpaired) electrons. The van der Waals surface area contributed by atoms with Crippen LogP contribution in [0.15, 0.2) is 66.7 Å². The highest BCUT2D eigenvalue weighted by molar-refractivity contribution is 7.88. The summed E-state index contributed by atoms with van der Waals surface area (Å²) in [6, 6.07) is 18.1. The van der Waals surface area contributed by atoms with E-state index in [4.69, 9.17) is 18.6 Å². The molecular formula is C39H50F3NO10SSi. The van der Waals surface area contributed by atoms with Gasteiger partial charge in [-0.05, 0) is 105 Å². The summed E-state index contributed by atoms with van der Waals surface area (Å²) in [7, 11) is -7.40. The Morgan fingerprint density at radius 3 is 2.18 bits per heavy atom. The van der Waals surface area contributed by atoms with Gasteiger partial charge < -0.3 is 32.5 Å². The zero-order valence-corrected chi connectivity index (χ0v) is 34.4. The number of fused-ring (bicyclic) bond motifs is 1. The van der Waals surface area contributed by atoms with Crippen LogP contribution in [0.3, 0.4) is 0 Å². The minimum atomic E-state index is -6.08. The van der Waals surface area contributed by atoms with Crippen molar-refractivity contribution in [2.75, 3.05) is 26.8 Å². The number of hydrogen-bond acceptors (Lipinski definition) is 10. The standard InChI is InChI=1S/C39H50F3NO10SSi/c1-37(2,3)51-36(45)43(24-31(53-55(8,9)38(4,5)6)25-49-29-13-11-10-12-14-29)23-30-18-15-28-21-26(17-20-33(28)50-30)27-16-19-32(35(44)48-7)34(22-27)52-54(46,47)39(40,41)42/h10-14,16-17,19-22,30-31H,15,18,23-25H2,1-9H3/t30-,31+/m1/s1. The normalized spacial score (nSPS) is 15.6. The molecule has 0 N–H and O–H groups in total. The van der Waals surface area contributed by atoms with E-state index < -0.39 is 65.1 Å². The van der Waals surface area contributed by atoms with Crippen molar-refractivity contribution in [3.8, 4) is 28.4 Å². The Bertz CT molecular complexity index is 1930. The molecule has 3 aromatic rings. The van der Waals surface area contributed by atoms with Crippen LogP contribution in [0, 0.1) is 0 Å². The number of aryl methyl sites for hydroxylation is 1. The first-order chi connectivity index (χ1) is 25.4. The number of carbonyl (C=O) groups is 2. The zero-order valence-electron chi connectivity index (χ0n) is 32.6. The molecule has 0 saturated heterocycles. The molecular weight excluding hydrogens is 760 g/mol. The molecule has 0 aromatic heterocycles. The molecule has 16 heteroatoms. The van der Waals surface area contributed by atoms with Crippen molar-refractivity contribution in [1.82, 2.24) is 4.90 Å². The lowest BCUT2D eigenvalue weighted by atomic mass is 9.96. The van der Waals surface area contributed by atoms with Crippen LogP contribution in [-0.2, 0) is 30.4 Å². The largest absolute Gasteiger partial charge is 0.534 e. The third-order valence-electron chi connectivity index (χ3n) is 9.24. The maximum atomic E-state index is 13.7. The molecule has 302 valence electrons. The lowest BCUT2D eigenvalue weighted by Crippen LogP contribution is -2.52. The van der Waals surface area contributed by atoms with Gasteiger partial charge in [-0.2, -0.15) is 21.6 Å². The van der Waals surface area contributed by atoms with E-state index in [9.17, 15) is 31.2 Å². The molecule has 55 heavy (non-hydrogen) atoms. The van der Waals surface area contributed by atoms with Gasteiger partial charge in [0.2, 0.25) is 0 Å². The van der Waals surface area contributed by atoms with E-state index in [1.165, 1.54) is 6.07 Å². The molecule has 11 nitrogen and oxygen atoms in total. The van der Waals surface area contributed by atoms with Gasteiger partial charge in [-0.15, -0.1) is 0 Å². The molecule has 2 atom stereocenters. The fourth-order valence-electron chi connectivity index (χ4n) is 5.43. The molecule has 1 amide bonds. The third kappa shape index (κ3) is 11.6. The number of benzene rings is 3. The monoisotopic (exact) mass is 809 g/mol. The number of ether oxygens (including phenoxy) is 4. The average molecular weight is 810 g/mol. The lowest BCUT2D eigenvalue weighted by molar-refractivity contribution is -0.0500. The van der Waals surface area contributed by atoms with Crippen molar-refractivity contribution < 1.29 is 58.7 Å². The zero-order chi connectivity index (χ0) is 41.0. The van der Waals surface area contributed by atoms with Crippen LogP contribution < -0.4 is 13.7 Å². The van der Waals surface area contributed by atoms with Crippen LogP contribution >= 0.6 is 0 Å². The first kappa shape index (κ1) is 43.4. The number of methoxy groups -OCH3 is 1. The third-order valence-corrected chi connectivity index (χ3v) is 14.7. The second-order valence-electron chi connectivity index (χ2n) is 15.8. The van der Waals surface area contributed by atoms with Crippen LogP contribution in [0.1, 0.15) is 63.9 Å². The number of alkyl halides is 3. The van der Waals surface area contributed by atoms with Crippen LogP contribution in [0.25, 0.3) is 11.1 Å². The Labute approximate surface area is 322 Å². The van der Waals surface area contributed by atoms with E-state index in [-0.39, 0.29) is 30.3 Å². The second-order valence-corrected chi connectivity index (χ2v) is 22.1. The highest BCUT2D eigenvalue weighted by Gasteiger charge is 2.49. The van der Waals surface area contributed by atoms with Crippen LogP contribution in [0.2, 0.25) is 18.1 Å². The van der Waals surface area contributed by atoms with Crippen molar-refractivity contribution in [1.29, 1.82) is 0 Å². The summed E-state index contributed by atoms with van der Waals surface area (Å²) in [5.74, 6) is -0.696. The number of rotatable bonds is 13. The highest BCUT2D eigenvalue weighted by atomic mass is 32.2. The van der Waals surface area contributed by atoms with E-state index >= 15 is 0 Å². The van der Waals surface area contributed by atoms with Crippen molar-refractivity contribution in [2.45, 2.75) is 95.8 Å². The topological polar surface area (TPSA) is 127 Å². The summed E-state index contributed by atoms with van der Waals surface area (Å²) < 4.78 is 97.3. The lowest BCUT2D eigenvalue weighted by Gasteiger charge is -2.41. The number of amides is 1. The van der Waals surface area contributed by atoms with Gasteiger partial charge in [0.05, 0.1) is 26.3 Å². The summed E-state index contributed by atoms with van der Waals surface area (Å²) in [5.41, 5.74) is -5.42. The van der Waals surface area contributed by atoms with E-state index in [2.05, 4.69) is 42.8 Å². The van der Waals surface area contributed by atoms with Gasteiger partial charge in [0.15, 0.2) is 14.1 Å². The van der Waals surface area contributed by atoms with E-state index in [1.54, 1.807) is 43.9 Å². The predicted molar refractivity (Wildman–Crippen MR) is 203 cm³/mol. The van der Waals surface area contributed by atoms with Gasteiger partial charge in [-0.3, -0.25) is 0 Å². The van der Waals surface area contributed by atoms with E-state index in [0.29, 0.717) is 29.9 Å². The Balaban J connectivity index is 1.59. The minimum absolute atomic E-state index is 0.109. The van der Waals surface area contributed by atoms with Crippen molar-refractivity contribution in [2.24, 2.45) is 0 Å². The van der Waals surface area contributed by atoms with Crippen molar-refractivity contribution >= 4 is 30.5 Å². The molecule has 1 aliphatic rings. The molecule has 1 heterocycles. The maximum absolute atomic E-state index is 13.7. The fraction of sp³-hybridized carbons (Fsp3) is 0.487. The minimum Gasteiger partial charge on any atom is -0.491 e. The number of halogens is 3. The van der Waals surface area contributed by atoms with Crippen LogP contribution in [-0.4, -0.2) is 83.8 Å². The molecule has 3 aromatic carbocycles. The van der Waals surface area contributed by atoms with E-state index in [0.717, 1.165) is 24.8 Å². The Hall–Kier alpha value is -4.28. The second kappa shape index (κ2) is 16.8. The molecule has 4 rings (SSSR count). The SMILES string of the molecule is COC(=O)c1ccc(-c2ccc3c(c2)CC[C@H](CN(C[C@@H](COc2ccccc2)O[Si](C)(C)C(C)(C)C)C(=O)OC(C)(C)C)O3)cc1OS(=O)(=O)C(F)(F)F. The smallest absolute Gasteiger partial charge is 0.491 e. The summed E-state index contributed by atoms with van der Waals surface area (Å²) in [6.07, 6.45) is -0.423. The Morgan fingerprint density at radius 1 is 0.945 bits per heavy atom. The number of para-hydroxylation sites is 1. The molecule has 0 spiro atoms. The molecule has 0 saturated carbocycles. The fourth-order valence-corrected chi connectivity index (χ4v) is 7.23. The Morgan fingerprint density at radius 2 is 1.58 bits per heavy atom.